The Morgan fingerprint density at radius 1 is 1.08 bits per heavy atom. The van der Waals surface area contributed by atoms with Crippen LogP contribution in [-0.2, 0) is 9.53 Å². The SMILES string of the molecule is CCOC(=O)[C@@H]1CCCN(C(=O)c2ccccc2-c2ccccc2)C1. The van der Waals surface area contributed by atoms with Crippen molar-refractivity contribution in [3.05, 3.63) is 60.2 Å². The molecule has 0 saturated carbocycles. The van der Waals surface area contributed by atoms with Gasteiger partial charge in [-0.2, -0.15) is 0 Å². The Morgan fingerprint density at radius 3 is 2.56 bits per heavy atom. The normalized spacial score (nSPS) is 17.2. The summed E-state index contributed by atoms with van der Waals surface area (Å²) in [5.74, 6) is -0.439. The van der Waals surface area contributed by atoms with Crippen LogP contribution in [-0.4, -0.2) is 36.5 Å². The summed E-state index contributed by atoms with van der Waals surface area (Å²) in [5.41, 5.74) is 2.62. The molecule has 1 aliphatic rings. The van der Waals surface area contributed by atoms with Gasteiger partial charge < -0.3 is 9.64 Å². The monoisotopic (exact) mass is 337 g/mol. The molecule has 0 aromatic heterocycles. The molecule has 0 bridgehead atoms. The lowest BCUT2D eigenvalue weighted by Gasteiger charge is -2.32. The van der Waals surface area contributed by atoms with Crippen molar-refractivity contribution in [3.8, 4) is 11.1 Å². The molecule has 1 aliphatic heterocycles. The first-order valence-electron chi connectivity index (χ1n) is 8.81. The Bertz CT molecular complexity index is 742. The van der Waals surface area contributed by atoms with Gasteiger partial charge in [-0.3, -0.25) is 9.59 Å². The number of likely N-dealkylation sites (tertiary alicyclic amines) is 1. The number of esters is 1. The first-order chi connectivity index (χ1) is 12.2. The van der Waals surface area contributed by atoms with Gasteiger partial charge in [-0.1, -0.05) is 48.5 Å². The van der Waals surface area contributed by atoms with Crippen LogP contribution in [0.15, 0.2) is 54.6 Å². The van der Waals surface area contributed by atoms with Crippen molar-refractivity contribution in [2.45, 2.75) is 19.8 Å². The van der Waals surface area contributed by atoms with Gasteiger partial charge in [0.05, 0.1) is 12.5 Å². The largest absolute Gasteiger partial charge is 0.466 e. The number of hydrogen-bond acceptors (Lipinski definition) is 3. The third-order valence-electron chi connectivity index (χ3n) is 4.57. The Balaban J connectivity index is 1.83. The minimum atomic E-state index is -0.221. The molecule has 1 fully saturated rings. The summed E-state index contributed by atoms with van der Waals surface area (Å²) < 4.78 is 5.13. The zero-order valence-electron chi connectivity index (χ0n) is 14.5. The average Bonchev–Trinajstić information content (AvgIpc) is 2.68. The minimum Gasteiger partial charge on any atom is -0.466 e. The zero-order valence-corrected chi connectivity index (χ0v) is 14.5. The maximum atomic E-state index is 13.1. The fourth-order valence-electron chi connectivity index (χ4n) is 3.32. The molecule has 4 nitrogen and oxygen atoms in total. The third-order valence-corrected chi connectivity index (χ3v) is 4.57. The number of benzene rings is 2. The molecule has 3 rings (SSSR count). The Kier molecular flexibility index (Phi) is 5.49. The van der Waals surface area contributed by atoms with E-state index in [4.69, 9.17) is 4.74 Å². The smallest absolute Gasteiger partial charge is 0.310 e. The van der Waals surface area contributed by atoms with Gasteiger partial charge in [0.2, 0.25) is 0 Å². The van der Waals surface area contributed by atoms with Crippen LogP contribution in [0.1, 0.15) is 30.1 Å². The summed E-state index contributed by atoms with van der Waals surface area (Å²) in [6, 6.07) is 17.6. The van der Waals surface area contributed by atoms with Gasteiger partial charge in [0.15, 0.2) is 0 Å². The summed E-state index contributed by atoms with van der Waals surface area (Å²) in [5, 5.41) is 0. The second kappa shape index (κ2) is 7.97. The molecule has 1 atom stereocenters. The van der Waals surface area contributed by atoms with Gasteiger partial charge in [-0.05, 0) is 37.0 Å². The maximum absolute atomic E-state index is 13.1. The van der Waals surface area contributed by atoms with E-state index in [0.29, 0.717) is 25.3 Å². The number of rotatable bonds is 4. The average molecular weight is 337 g/mol. The van der Waals surface area contributed by atoms with Crippen LogP contribution >= 0.6 is 0 Å². The molecule has 2 aromatic carbocycles. The predicted molar refractivity (Wildman–Crippen MR) is 97.1 cm³/mol. The summed E-state index contributed by atoms with van der Waals surface area (Å²) in [6.07, 6.45) is 1.60. The van der Waals surface area contributed by atoms with Gasteiger partial charge in [-0.15, -0.1) is 0 Å². The Morgan fingerprint density at radius 2 is 1.80 bits per heavy atom. The molecule has 1 heterocycles. The minimum absolute atomic E-state index is 0.0200. The summed E-state index contributed by atoms with van der Waals surface area (Å²) in [6.45, 7) is 3.29. The lowest BCUT2D eigenvalue weighted by atomic mass is 9.95. The number of piperidine rings is 1. The van der Waals surface area contributed by atoms with Crippen LogP contribution in [0.3, 0.4) is 0 Å². The van der Waals surface area contributed by atoms with Crippen LogP contribution in [0.25, 0.3) is 11.1 Å². The molecule has 2 aromatic rings. The molecule has 0 N–H and O–H groups in total. The van der Waals surface area contributed by atoms with Gasteiger partial charge >= 0.3 is 5.97 Å². The molecule has 0 aliphatic carbocycles. The standard InChI is InChI=1S/C21H23NO3/c1-2-25-21(24)17-11-8-14-22(15-17)20(23)19-13-7-6-12-18(19)16-9-4-3-5-10-16/h3-7,9-10,12-13,17H,2,8,11,14-15H2,1H3/t17-/m1/s1. The molecule has 4 heteroatoms. The van der Waals surface area contributed by atoms with Crippen molar-refractivity contribution < 1.29 is 14.3 Å². The highest BCUT2D eigenvalue weighted by atomic mass is 16.5. The van der Waals surface area contributed by atoms with Gasteiger partial charge in [0, 0.05) is 18.7 Å². The van der Waals surface area contributed by atoms with Crippen molar-refractivity contribution in [1.29, 1.82) is 0 Å². The van der Waals surface area contributed by atoms with E-state index in [1.165, 1.54) is 0 Å². The molecule has 1 amide bonds. The molecule has 25 heavy (non-hydrogen) atoms. The van der Waals surface area contributed by atoms with Crippen LogP contribution in [0.5, 0.6) is 0 Å². The lowest BCUT2D eigenvalue weighted by Crippen LogP contribution is -2.43. The Labute approximate surface area is 148 Å². The van der Waals surface area contributed by atoms with Crippen LogP contribution in [0.4, 0.5) is 0 Å². The van der Waals surface area contributed by atoms with Crippen molar-refractivity contribution in [1.82, 2.24) is 4.90 Å². The summed E-state index contributed by atoms with van der Waals surface area (Å²) in [7, 11) is 0. The van der Waals surface area contributed by atoms with Crippen LogP contribution in [0, 0.1) is 5.92 Å². The molecule has 0 spiro atoms. The molecule has 0 radical (unpaired) electrons. The number of hydrogen-bond donors (Lipinski definition) is 0. The quantitative estimate of drug-likeness (QED) is 0.798. The van der Waals surface area contributed by atoms with Crippen molar-refractivity contribution in [2.75, 3.05) is 19.7 Å². The Hall–Kier alpha value is -2.62. The number of ether oxygens (including phenoxy) is 1. The predicted octanol–water partition coefficient (Wildman–Crippen LogP) is 3.77. The number of nitrogens with zero attached hydrogens (tertiary/aromatic N) is 1. The fourth-order valence-corrected chi connectivity index (χ4v) is 3.32. The lowest BCUT2D eigenvalue weighted by molar-refractivity contribution is -0.149. The van der Waals surface area contributed by atoms with E-state index in [1.807, 2.05) is 54.6 Å². The molecular weight excluding hydrogens is 314 g/mol. The summed E-state index contributed by atoms with van der Waals surface area (Å²) in [4.78, 5) is 26.9. The topological polar surface area (TPSA) is 46.6 Å². The third kappa shape index (κ3) is 3.90. The van der Waals surface area contributed by atoms with Crippen LogP contribution in [0.2, 0.25) is 0 Å². The van der Waals surface area contributed by atoms with Gasteiger partial charge in [0.25, 0.3) is 5.91 Å². The first kappa shape index (κ1) is 17.2. The van der Waals surface area contributed by atoms with Crippen molar-refractivity contribution >= 4 is 11.9 Å². The van der Waals surface area contributed by atoms with E-state index < -0.39 is 0 Å². The highest BCUT2D eigenvalue weighted by Crippen LogP contribution is 2.26. The molecule has 1 saturated heterocycles. The van der Waals surface area contributed by atoms with E-state index in [0.717, 1.165) is 24.0 Å². The molecule has 130 valence electrons. The second-order valence-electron chi connectivity index (χ2n) is 6.25. The second-order valence-corrected chi connectivity index (χ2v) is 6.25. The number of amides is 1. The number of carbonyl (C=O) groups is 2. The van der Waals surface area contributed by atoms with Crippen molar-refractivity contribution in [2.24, 2.45) is 5.92 Å². The van der Waals surface area contributed by atoms with Gasteiger partial charge in [-0.25, -0.2) is 0 Å². The van der Waals surface area contributed by atoms with Crippen molar-refractivity contribution in [3.63, 3.8) is 0 Å². The maximum Gasteiger partial charge on any atom is 0.310 e. The van der Waals surface area contributed by atoms with E-state index >= 15 is 0 Å². The van der Waals surface area contributed by atoms with E-state index in [-0.39, 0.29) is 17.8 Å². The highest BCUT2D eigenvalue weighted by molar-refractivity contribution is 6.01. The fraction of sp³-hybridized carbons (Fsp3) is 0.333. The van der Waals surface area contributed by atoms with Gasteiger partial charge in [0.1, 0.15) is 0 Å². The van der Waals surface area contributed by atoms with E-state index in [2.05, 4.69) is 0 Å². The molecule has 0 unspecified atom stereocenters. The van der Waals surface area contributed by atoms with E-state index in [9.17, 15) is 9.59 Å². The number of carbonyl (C=O) groups excluding carboxylic acids is 2. The van der Waals surface area contributed by atoms with E-state index in [1.54, 1.807) is 11.8 Å². The highest BCUT2D eigenvalue weighted by Gasteiger charge is 2.30. The summed E-state index contributed by atoms with van der Waals surface area (Å²) >= 11 is 0. The van der Waals surface area contributed by atoms with Crippen LogP contribution < -0.4 is 0 Å². The first-order valence-corrected chi connectivity index (χ1v) is 8.81. The zero-order chi connectivity index (χ0) is 17.6. The molecular formula is C21H23NO3.